The van der Waals surface area contributed by atoms with Crippen molar-refractivity contribution in [3.05, 3.63) is 77.4 Å². The number of aromatic nitrogens is 1. The molecule has 2 aromatic carbocycles. The third-order valence-electron chi connectivity index (χ3n) is 6.89. The van der Waals surface area contributed by atoms with Gasteiger partial charge in [-0.25, -0.2) is 4.98 Å². The van der Waals surface area contributed by atoms with E-state index in [1.54, 1.807) is 12.1 Å². The zero-order chi connectivity index (χ0) is 34.5. The molecule has 0 aliphatic carbocycles. The van der Waals surface area contributed by atoms with Gasteiger partial charge in [0.25, 0.3) is 0 Å². The van der Waals surface area contributed by atoms with Crippen LogP contribution in [0.5, 0.6) is 0 Å². The number of aliphatic hydroxyl groups is 1. The van der Waals surface area contributed by atoms with E-state index >= 15 is 0 Å². The molecule has 3 N–H and O–H groups in total. The number of carbonyl (C=O) groups is 2. The first-order valence-electron chi connectivity index (χ1n) is 14.8. The molecule has 0 radical (unpaired) electrons. The van der Waals surface area contributed by atoms with Crippen LogP contribution in [0.3, 0.4) is 0 Å². The second-order valence-electron chi connectivity index (χ2n) is 10.6. The highest BCUT2D eigenvalue weighted by Crippen LogP contribution is 2.34. The van der Waals surface area contributed by atoms with Gasteiger partial charge in [0.2, 0.25) is 0 Å². The van der Waals surface area contributed by atoms with Crippen molar-refractivity contribution in [2.45, 2.75) is 70.8 Å². The van der Waals surface area contributed by atoms with Gasteiger partial charge in [-0.1, -0.05) is 51.0 Å². The quantitative estimate of drug-likeness (QED) is 0.150. The van der Waals surface area contributed by atoms with E-state index in [0.717, 1.165) is 63.0 Å². The monoisotopic (exact) mass is 656 g/mol. The Morgan fingerprint density at radius 3 is 1.39 bits per heavy atom. The Morgan fingerprint density at radius 1 is 0.717 bits per heavy atom. The zero-order valence-electron chi connectivity index (χ0n) is 25.5. The Kier molecular flexibility index (Phi) is 14.7. The number of halogens is 6. The summed E-state index contributed by atoms with van der Waals surface area (Å²) in [6, 6.07) is 12.3. The molecule has 1 unspecified atom stereocenters. The van der Waals surface area contributed by atoms with Crippen LogP contribution in [0.25, 0.3) is 22.5 Å². The minimum atomic E-state index is -4.49. The van der Waals surface area contributed by atoms with E-state index in [1.165, 1.54) is 24.3 Å². The van der Waals surface area contributed by atoms with Gasteiger partial charge < -0.3 is 20.2 Å². The highest BCUT2D eigenvalue weighted by atomic mass is 19.4. The molecular formula is C33H38F6N2O5. The van der Waals surface area contributed by atoms with E-state index in [1.807, 2.05) is 0 Å². The number of hydrogen-bond acceptors (Lipinski definition) is 5. The number of alkyl halides is 6. The minimum Gasteiger partial charge on any atom is -0.481 e. The van der Waals surface area contributed by atoms with Crippen LogP contribution >= 0.6 is 0 Å². The Balaban J connectivity index is 0.000000812. The number of nitrogens with zero attached hydrogens (tertiary/aromatic N) is 2. The maximum Gasteiger partial charge on any atom is 0.416 e. The van der Waals surface area contributed by atoms with Crippen molar-refractivity contribution in [2.75, 3.05) is 19.6 Å². The lowest BCUT2D eigenvalue weighted by molar-refractivity contribution is -0.143. The molecule has 46 heavy (non-hydrogen) atoms. The molecule has 0 fully saturated rings. The maximum absolute atomic E-state index is 13.1. The first kappa shape index (κ1) is 38.2. The number of aliphatic hydroxyl groups excluding tert-OH is 1. The van der Waals surface area contributed by atoms with E-state index in [2.05, 4.69) is 23.7 Å². The van der Waals surface area contributed by atoms with Crippen molar-refractivity contribution in [2.24, 2.45) is 0 Å². The normalized spacial score (nSPS) is 12.4. The molecular weight excluding hydrogens is 618 g/mol. The maximum atomic E-state index is 13.1. The molecule has 0 bridgehead atoms. The molecule has 0 saturated carbocycles. The predicted octanol–water partition coefficient (Wildman–Crippen LogP) is 8.32. The molecule has 13 heteroatoms. The molecule has 1 atom stereocenters. The van der Waals surface area contributed by atoms with Crippen LogP contribution < -0.4 is 0 Å². The van der Waals surface area contributed by atoms with Crippen LogP contribution in [-0.4, -0.2) is 56.8 Å². The van der Waals surface area contributed by atoms with Gasteiger partial charge in [-0.15, -0.1) is 0 Å². The van der Waals surface area contributed by atoms with Gasteiger partial charge in [0, 0.05) is 17.7 Å². The lowest BCUT2D eigenvalue weighted by Crippen LogP contribution is -2.30. The average molecular weight is 657 g/mol. The number of aliphatic carboxylic acids is 2. The van der Waals surface area contributed by atoms with Crippen LogP contribution in [0.15, 0.2) is 60.7 Å². The summed E-state index contributed by atoms with van der Waals surface area (Å²) < 4.78 is 78.4. The molecule has 252 valence electrons. The molecule has 0 aliphatic rings. The van der Waals surface area contributed by atoms with Crippen LogP contribution in [0, 0.1) is 0 Å². The van der Waals surface area contributed by atoms with E-state index in [-0.39, 0.29) is 12.8 Å². The number of carboxylic acid groups (broad SMARTS) is 2. The Morgan fingerprint density at radius 2 is 1.09 bits per heavy atom. The van der Waals surface area contributed by atoms with Crippen LogP contribution in [0.2, 0.25) is 0 Å². The Hall–Kier alpha value is -3.97. The highest BCUT2D eigenvalue weighted by Gasteiger charge is 2.31. The standard InChI is InChI=1S/C29H32F6N2O.C4H6O4/c1-3-5-15-37(16-6-4-2)19-27(38)22-17-25(20-7-11-23(12-8-20)28(30,31)32)36-26(18-22)21-9-13-24(14-10-21)29(33,34)35;5-3(6)1-2-4(7)8/h7-14,17-18,27,38H,3-6,15-16,19H2,1-2H3;1-2H2,(H,5,6)(H,7,8). The Bertz CT molecular complexity index is 1300. The molecule has 0 spiro atoms. The lowest BCUT2D eigenvalue weighted by atomic mass is 10.00. The SMILES string of the molecule is CCCCN(CCCC)CC(O)c1cc(-c2ccc(C(F)(F)F)cc2)nc(-c2ccc(C(F)(F)F)cc2)c1.O=C(O)CCC(=O)O. The van der Waals surface area contributed by atoms with Gasteiger partial charge in [-0.05, 0) is 67.9 Å². The zero-order valence-corrected chi connectivity index (χ0v) is 25.5. The fourth-order valence-corrected chi connectivity index (χ4v) is 4.32. The smallest absolute Gasteiger partial charge is 0.416 e. The summed E-state index contributed by atoms with van der Waals surface area (Å²) in [6.45, 7) is 6.16. The summed E-state index contributed by atoms with van der Waals surface area (Å²) in [7, 11) is 0. The summed E-state index contributed by atoms with van der Waals surface area (Å²) >= 11 is 0. The van der Waals surface area contributed by atoms with Gasteiger partial charge in [0.15, 0.2) is 0 Å². The summed E-state index contributed by atoms with van der Waals surface area (Å²) in [5.41, 5.74) is 0.314. The number of benzene rings is 2. The van der Waals surface area contributed by atoms with Crippen molar-refractivity contribution < 1.29 is 51.3 Å². The Labute approximate surface area is 263 Å². The van der Waals surface area contributed by atoms with Gasteiger partial charge in [-0.3, -0.25) is 9.59 Å². The third kappa shape index (κ3) is 12.8. The first-order chi connectivity index (χ1) is 21.5. The topological polar surface area (TPSA) is 111 Å². The molecule has 3 rings (SSSR count). The van der Waals surface area contributed by atoms with E-state index in [0.29, 0.717) is 34.6 Å². The van der Waals surface area contributed by atoms with E-state index < -0.39 is 41.5 Å². The van der Waals surface area contributed by atoms with Crippen LogP contribution in [-0.2, 0) is 21.9 Å². The summed E-state index contributed by atoms with van der Waals surface area (Å²) in [4.78, 5) is 26.0. The second-order valence-corrected chi connectivity index (χ2v) is 10.6. The number of rotatable bonds is 14. The number of unbranched alkanes of at least 4 members (excludes halogenated alkanes) is 2. The van der Waals surface area contributed by atoms with Crippen molar-refractivity contribution in [3.63, 3.8) is 0 Å². The third-order valence-corrected chi connectivity index (χ3v) is 6.89. The minimum absolute atomic E-state index is 0.296. The van der Waals surface area contributed by atoms with Gasteiger partial charge in [0.1, 0.15) is 0 Å². The van der Waals surface area contributed by atoms with Crippen molar-refractivity contribution in [1.82, 2.24) is 9.88 Å². The second kappa shape index (κ2) is 17.7. The molecule has 0 saturated heterocycles. The average Bonchev–Trinajstić information content (AvgIpc) is 3.00. The first-order valence-corrected chi connectivity index (χ1v) is 14.8. The van der Waals surface area contributed by atoms with Crippen molar-refractivity contribution in [1.29, 1.82) is 0 Å². The van der Waals surface area contributed by atoms with Gasteiger partial charge in [-0.2, -0.15) is 26.3 Å². The number of hydrogen-bond donors (Lipinski definition) is 3. The summed E-state index contributed by atoms with van der Waals surface area (Å²) in [6.07, 6.45) is -6.54. The molecule has 3 aromatic rings. The molecule has 1 aromatic heterocycles. The number of carboxylic acids is 2. The van der Waals surface area contributed by atoms with Crippen molar-refractivity contribution in [3.8, 4) is 22.5 Å². The fourth-order valence-electron chi connectivity index (χ4n) is 4.32. The predicted molar refractivity (Wildman–Crippen MR) is 161 cm³/mol. The summed E-state index contributed by atoms with van der Waals surface area (Å²) in [5, 5.41) is 27.0. The number of pyridine rings is 1. The fraction of sp³-hybridized carbons (Fsp3) is 0.424. The molecule has 0 aliphatic heterocycles. The van der Waals surface area contributed by atoms with Crippen LogP contribution in [0.4, 0.5) is 26.3 Å². The molecule has 7 nitrogen and oxygen atoms in total. The van der Waals surface area contributed by atoms with Gasteiger partial charge >= 0.3 is 24.3 Å². The highest BCUT2D eigenvalue weighted by molar-refractivity contribution is 5.75. The van der Waals surface area contributed by atoms with E-state index in [4.69, 9.17) is 10.2 Å². The molecule has 1 heterocycles. The van der Waals surface area contributed by atoms with Crippen LogP contribution in [0.1, 0.15) is 75.2 Å². The lowest BCUT2D eigenvalue weighted by Gasteiger charge is -2.25. The van der Waals surface area contributed by atoms with Gasteiger partial charge in [0.05, 0.1) is 41.5 Å². The van der Waals surface area contributed by atoms with E-state index in [9.17, 15) is 41.0 Å². The molecule has 0 amide bonds. The van der Waals surface area contributed by atoms with Crippen molar-refractivity contribution >= 4 is 11.9 Å². The summed E-state index contributed by atoms with van der Waals surface area (Å²) in [5.74, 6) is -2.15. The largest absolute Gasteiger partial charge is 0.481 e.